The van der Waals surface area contributed by atoms with E-state index in [4.69, 9.17) is 5.73 Å². The smallest absolute Gasteiger partial charge is 0.246 e. The normalized spacial score (nSPS) is 23.4. The number of hydrogen-bond acceptors (Lipinski definition) is 4. The first kappa shape index (κ1) is 27.2. The fraction of sp³-hybridized carbons (Fsp3) is 0.500. The van der Waals surface area contributed by atoms with Crippen LogP contribution in [0.15, 0.2) is 60.7 Å². The summed E-state index contributed by atoms with van der Waals surface area (Å²) in [7, 11) is 0. The van der Waals surface area contributed by atoms with Crippen molar-refractivity contribution in [1.29, 1.82) is 0 Å². The summed E-state index contributed by atoms with van der Waals surface area (Å²) < 4.78 is 0. The second-order valence-corrected chi connectivity index (χ2v) is 11.7. The Morgan fingerprint density at radius 3 is 2.16 bits per heavy atom. The van der Waals surface area contributed by atoms with Gasteiger partial charge in [-0.3, -0.25) is 14.4 Å². The van der Waals surface area contributed by atoms with E-state index in [0.717, 1.165) is 36.1 Å². The highest BCUT2D eigenvalue weighted by Crippen LogP contribution is 2.34. The lowest BCUT2D eigenvalue weighted by Crippen LogP contribution is -2.55. The number of piperidine rings is 1. The van der Waals surface area contributed by atoms with Crippen molar-refractivity contribution in [3.8, 4) is 0 Å². The van der Waals surface area contributed by atoms with Gasteiger partial charge in [0.15, 0.2) is 0 Å². The second-order valence-electron chi connectivity index (χ2n) is 10.5. The van der Waals surface area contributed by atoms with Crippen LogP contribution in [0.5, 0.6) is 0 Å². The van der Waals surface area contributed by atoms with E-state index < -0.39 is 6.04 Å². The zero-order valence-electron chi connectivity index (χ0n) is 21.7. The molecule has 4 rings (SSSR count). The molecule has 0 aliphatic carbocycles. The van der Waals surface area contributed by atoms with Gasteiger partial charge < -0.3 is 16.0 Å². The molecule has 7 heteroatoms. The van der Waals surface area contributed by atoms with Crippen LogP contribution in [0.4, 0.5) is 0 Å². The predicted octanol–water partition coefficient (Wildman–Crippen LogP) is 4.32. The molecule has 2 aromatic rings. The minimum Gasteiger partial charge on any atom is -0.369 e. The molecular weight excluding hydrogens is 482 g/mol. The van der Waals surface area contributed by atoms with Crippen LogP contribution < -0.4 is 11.1 Å². The maximum absolute atomic E-state index is 13.7. The van der Waals surface area contributed by atoms with E-state index in [1.165, 1.54) is 0 Å². The third kappa shape index (κ3) is 7.37. The number of nitrogens with zero attached hydrogens (tertiary/aromatic N) is 1. The first-order valence-electron chi connectivity index (χ1n) is 13.5. The van der Waals surface area contributed by atoms with Gasteiger partial charge in [0.05, 0.1) is 5.37 Å². The summed E-state index contributed by atoms with van der Waals surface area (Å²) in [6.07, 6.45) is 5.98. The fourth-order valence-corrected chi connectivity index (χ4v) is 7.04. The molecule has 2 fully saturated rings. The minimum atomic E-state index is -0.500. The highest BCUT2D eigenvalue weighted by Gasteiger charge is 2.39. The Labute approximate surface area is 224 Å². The Bertz CT molecular complexity index is 1050. The third-order valence-corrected chi connectivity index (χ3v) is 9.05. The molecule has 6 nitrogen and oxygen atoms in total. The second kappa shape index (κ2) is 13.1. The molecule has 2 aliphatic rings. The van der Waals surface area contributed by atoms with Crippen LogP contribution in [0.1, 0.15) is 56.6 Å². The van der Waals surface area contributed by atoms with Crippen molar-refractivity contribution in [2.75, 3.05) is 5.75 Å². The average Bonchev–Trinajstić information content (AvgIpc) is 3.05. The molecule has 3 amide bonds. The number of benzene rings is 2. The number of fused-ring (bicyclic) bond motifs is 1. The summed E-state index contributed by atoms with van der Waals surface area (Å²) in [4.78, 5) is 41.4. The van der Waals surface area contributed by atoms with E-state index in [9.17, 15) is 14.4 Å². The Balaban J connectivity index is 1.46. The lowest BCUT2D eigenvalue weighted by molar-refractivity contribution is -0.140. The zero-order chi connectivity index (χ0) is 26.2. The number of carbonyl (C=O) groups excluding carboxylic acids is 3. The van der Waals surface area contributed by atoms with Gasteiger partial charge in [-0.1, -0.05) is 60.7 Å². The SMILES string of the molecule is CC1CCC[C@@H]2SCCC(NC(=O)C(CCC(Cc3ccccc3)C(N)=O)Cc3ccccc3)C(=O)N12. The van der Waals surface area contributed by atoms with Gasteiger partial charge in [0.2, 0.25) is 17.7 Å². The van der Waals surface area contributed by atoms with Crippen LogP contribution in [-0.4, -0.2) is 45.8 Å². The third-order valence-electron chi connectivity index (χ3n) is 7.73. The standard InChI is InChI=1S/C30H39N3O3S/c1-21-9-8-14-27-33(21)30(36)26(17-18-37-27)32-29(35)25(20-23-12-6-3-7-13-23)16-15-24(28(31)34)19-22-10-4-2-5-11-22/h2-7,10-13,21,24-27H,8-9,14-20H2,1H3,(H2,31,34)(H,32,35)/t21?,24?,25?,26?,27-/m0/s1. The Morgan fingerprint density at radius 1 is 0.946 bits per heavy atom. The van der Waals surface area contributed by atoms with Crippen LogP contribution in [-0.2, 0) is 27.2 Å². The number of amides is 3. The number of primary amides is 1. The molecule has 2 aliphatic heterocycles. The predicted molar refractivity (Wildman–Crippen MR) is 149 cm³/mol. The quantitative estimate of drug-likeness (QED) is 0.487. The summed E-state index contributed by atoms with van der Waals surface area (Å²) in [5, 5.41) is 3.34. The van der Waals surface area contributed by atoms with Gasteiger partial charge in [-0.25, -0.2) is 0 Å². The van der Waals surface area contributed by atoms with E-state index in [-0.39, 0.29) is 41.0 Å². The minimum absolute atomic E-state index is 0.0492. The molecule has 4 unspecified atom stereocenters. The molecule has 2 aromatic carbocycles. The molecule has 5 atom stereocenters. The van der Waals surface area contributed by atoms with Crippen molar-refractivity contribution in [3.63, 3.8) is 0 Å². The Kier molecular flexibility index (Phi) is 9.67. The largest absolute Gasteiger partial charge is 0.369 e. The lowest BCUT2D eigenvalue weighted by Gasteiger charge is -2.40. The topological polar surface area (TPSA) is 92.5 Å². The van der Waals surface area contributed by atoms with Gasteiger partial charge in [0.1, 0.15) is 6.04 Å². The maximum Gasteiger partial charge on any atom is 0.246 e. The first-order valence-corrected chi connectivity index (χ1v) is 14.6. The summed E-state index contributed by atoms with van der Waals surface area (Å²) >= 11 is 1.84. The van der Waals surface area contributed by atoms with E-state index in [1.807, 2.05) is 77.3 Å². The summed E-state index contributed by atoms with van der Waals surface area (Å²) in [5.41, 5.74) is 7.89. The molecule has 2 saturated heterocycles. The van der Waals surface area contributed by atoms with Gasteiger partial charge in [-0.2, -0.15) is 0 Å². The van der Waals surface area contributed by atoms with Gasteiger partial charge in [0.25, 0.3) is 0 Å². The van der Waals surface area contributed by atoms with Gasteiger partial charge >= 0.3 is 0 Å². The van der Waals surface area contributed by atoms with Crippen LogP contribution in [0.2, 0.25) is 0 Å². The molecular formula is C30H39N3O3S. The molecule has 0 bridgehead atoms. The maximum atomic E-state index is 13.7. The molecule has 0 saturated carbocycles. The molecule has 2 heterocycles. The molecule has 0 aromatic heterocycles. The van der Waals surface area contributed by atoms with Crippen molar-refractivity contribution in [2.45, 2.75) is 75.7 Å². The van der Waals surface area contributed by atoms with Crippen LogP contribution >= 0.6 is 11.8 Å². The molecule has 3 N–H and O–H groups in total. The highest BCUT2D eigenvalue weighted by atomic mass is 32.2. The van der Waals surface area contributed by atoms with Crippen LogP contribution in [0.25, 0.3) is 0 Å². The average molecular weight is 522 g/mol. The molecule has 37 heavy (non-hydrogen) atoms. The first-order chi connectivity index (χ1) is 17.9. The zero-order valence-corrected chi connectivity index (χ0v) is 22.5. The van der Waals surface area contributed by atoms with Crippen molar-refractivity contribution in [1.82, 2.24) is 10.2 Å². The summed E-state index contributed by atoms with van der Waals surface area (Å²) in [6, 6.07) is 19.5. The van der Waals surface area contributed by atoms with Crippen molar-refractivity contribution < 1.29 is 14.4 Å². The van der Waals surface area contributed by atoms with Crippen molar-refractivity contribution in [2.24, 2.45) is 17.6 Å². The highest BCUT2D eigenvalue weighted by molar-refractivity contribution is 7.99. The molecule has 0 spiro atoms. The number of hydrogen-bond donors (Lipinski definition) is 2. The van der Waals surface area contributed by atoms with E-state index in [1.54, 1.807) is 0 Å². The van der Waals surface area contributed by atoms with E-state index >= 15 is 0 Å². The molecule has 198 valence electrons. The number of nitrogens with one attached hydrogen (secondary N) is 1. The van der Waals surface area contributed by atoms with E-state index in [2.05, 4.69) is 12.2 Å². The number of nitrogens with two attached hydrogens (primary N) is 1. The van der Waals surface area contributed by atoms with Gasteiger partial charge in [-0.05, 0) is 75.2 Å². The van der Waals surface area contributed by atoms with Crippen LogP contribution in [0.3, 0.4) is 0 Å². The lowest BCUT2D eigenvalue weighted by atomic mass is 9.87. The number of rotatable bonds is 10. The number of thioether (sulfide) groups is 1. The van der Waals surface area contributed by atoms with Crippen molar-refractivity contribution >= 4 is 29.5 Å². The van der Waals surface area contributed by atoms with Crippen LogP contribution in [0, 0.1) is 11.8 Å². The molecule has 0 radical (unpaired) electrons. The summed E-state index contributed by atoms with van der Waals surface area (Å²) in [5.74, 6) is -0.248. The van der Waals surface area contributed by atoms with E-state index in [0.29, 0.717) is 32.1 Å². The monoisotopic (exact) mass is 521 g/mol. The Hall–Kier alpha value is -2.80. The fourth-order valence-electron chi connectivity index (χ4n) is 5.59. The van der Waals surface area contributed by atoms with Gasteiger partial charge in [-0.15, -0.1) is 11.8 Å². The van der Waals surface area contributed by atoms with Crippen molar-refractivity contribution in [3.05, 3.63) is 71.8 Å². The summed E-state index contributed by atoms with van der Waals surface area (Å²) in [6.45, 7) is 2.11. The van der Waals surface area contributed by atoms with Gasteiger partial charge in [0, 0.05) is 17.9 Å². The Morgan fingerprint density at radius 2 is 1.54 bits per heavy atom. The number of carbonyl (C=O) groups is 3.